The maximum atomic E-state index is 14.2. The average Bonchev–Trinajstić information content (AvgIpc) is 3.55. The van der Waals surface area contributed by atoms with Gasteiger partial charge in [0.2, 0.25) is 11.9 Å². The van der Waals surface area contributed by atoms with Crippen LogP contribution in [0.1, 0.15) is 31.7 Å². The highest BCUT2D eigenvalue weighted by Gasteiger charge is 2.26. The van der Waals surface area contributed by atoms with E-state index in [-0.39, 0.29) is 29.8 Å². The van der Waals surface area contributed by atoms with E-state index in [0.29, 0.717) is 15.9 Å². The molecule has 0 amide bonds. The second kappa shape index (κ2) is 9.48. The first-order valence-electron chi connectivity index (χ1n) is 11.2. The number of nitrogens with zero attached hydrogens (tertiary/aromatic N) is 6. The molecule has 0 aliphatic carbocycles. The third-order valence-electron chi connectivity index (χ3n) is 5.68. The van der Waals surface area contributed by atoms with Crippen LogP contribution in [0.25, 0.3) is 22.3 Å². The van der Waals surface area contributed by atoms with Crippen molar-refractivity contribution in [1.82, 2.24) is 34.9 Å². The van der Waals surface area contributed by atoms with Crippen LogP contribution < -0.4 is 10.6 Å². The zero-order chi connectivity index (χ0) is 26.2. The number of benzene rings is 2. The Morgan fingerprint density at radius 1 is 1.03 bits per heavy atom. The maximum absolute atomic E-state index is 14.2. The van der Waals surface area contributed by atoms with Crippen LogP contribution >= 0.6 is 0 Å². The highest BCUT2D eigenvalue weighted by Crippen LogP contribution is 2.27. The van der Waals surface area contributed by atoms with Gasteiger partial charge in [-0.15, -0.1) is 0 Å². The summed E-state index contributed by atoms with van der Waals surface area (Å²) in [6.07, 6.45) is 2.86. The fourth-order valence-electron chi connectivity index (χ4n) is 3.70. The van der Waals surface area contributed by atoms with Gasteiger partial charge in [0, 0.05) is 29.3 Å². The second-order valence-electron chi connectivity index (χ2n) is 8.75. The van der Waals surface area contributed by atoms with Gasteiger partial charge in [-0.1, -0.05) is 24.3 Å². The molecule has 2 aromatic carbocycles. The minimum atomic E-state index is -2.77. The lowest BCUT2D eigenvalue weighted by Crippen LogP contribution is -2.30. The number of halogens is 4. The Hall–Kier alpha value is -4.55. The summed E-state index contributed by atoms with van der Waals surface area (Å²) in [6.45, 7) is 0.611. The number of alkyl halides is 2. The summed E-state index contributed by atoms with van der Waals surface area (Å²) in [5, 5.41) is 17.7. The van der Waals surface area contributed by atoms with Gasteiger partial charge in [0.15, 0.2) is 17.5 Å². The van der Waals surface area contributed by atoms with Crippen molar-refractivity contribution >= 4 is 22.8 Å². The third-order valence-corrected chi connectivity index (χ3v) is 5.68. The Bertz CT molecular complexity index is 1560. The number of hydrogen-bond acceptors (Lipinski definition) is 7. The number of nitrogens with one attached hydrogen (secondary N) is 3. The second-order valence-corrected chi connectivity index (χ2v) is 8.75. The number of hydrogen-bond donors (Lipinski definition) is 3. The van der Waals surface area contributed by atoms with E-state index in [1.54, 1.807) is 20.0 Å². The van der Waals surface area contributed by atoms with Gasteiger partial charge in [0.05, 0.1) is 22.9 Å². The van der Waals surface area contributed by atoms with Gasteiger partial charge in [-0.3, -0.25) is 5.10 Å². The standard InChI is InChI=1S/C24H21F4N9/c1-24(2,18-8-9-37(36-18)21(27)28)34-23-32-20(13-6-7-14-12-30-35-17(14)10-13)31-22(33-23)29-11-15-4-3-5-16(25)19(15)26/h3-10,12,21H,11H2,1-2H3,(H,30,35)(H2,29,31,32,33,34). The zero-order valence-electron chi connectivity index (χ0n) is 19.7. The molecule has 0 aliphatic rings. The molecule has 13 heteroatoms. The maximum Gasteiger partial charge on any atom is 0.333 e. The summed E-state index contributed by atoms with van der Waals surface area (Å²) in [7, 11) is 0. The highest BCUT2D eigenvalue weighted by atomic mass is 19.3. The zero-order valence-corrected chi connectivity index (χ0v) is 19.7. The molecule has 0 saturated heterocycles. The van der Waals surface area contributed by atoms with E-state index in [0.717, 1.165) is 17.0 Å². The van der Waals surface area contributed by atoms with Crippen LogP contribution in [0.2, 0.25) is 0 Å². The summed E-state index contributed by atoms with van der Waals surface area (Å²) in [5.74, 6) is -1.44. The number of aromatic amines is 1. The van der Waals surface area contributed by atoms with Crippen LogP contribution in [-0.2, 0) is 12.1 Å². The van der Waals surface area contributed by atoms with Crippen molar-refractivity contribution in [3.05, 3.63) is 77.8 Å². The van der Waals surface area contributed by atoms with Crippen LogP contribution in [0.5, 0.6) is 0 Å². The van der Waals surface area contributed by atoms with Crippen LogP contribution in [0.4, 0.5) is 29.5 Å². The molecule has 0 unspecified atom stereocenters. The molecule has 0 bridgehead atoms. The van der Waals surface area contributed by atoms with E-state index in [9.17, 15) is 17.6 Å². The summed E-state index contributed by atoms with van der Waals surface area (Å²) < 4.78 is 54.4. The highest BCUT2D eigenvalue weighted by molar-refractivity contribution is 5.82. The minimum Gasteiger partial charge on any atom is -0.350 e. The number of rotatable bonds is 8. The molecule has 3 N–H and O–H groups in total. The molecule has 5 aromatic rings. The normalized spacial score (nSPS) is 11.9. The fraction of sp³-hybridized carbons (Fsp3) is 0.208. The van der Waals surface area contributed by atoms with Gasteiger partial charge < -0.3 is 10.6 Å². The van der Waals surface area contributed by atoms with Gasteiger partial charge >= 0.3 is 6.55 Å². The van der Waals surface area contributed by atoms with Crippen LogP contribution in [0, 0.1) is 11.6 Å². The summed E-state index contributed by atoms with van der Waals surface area (Å²) in [6, 6.07) is 10.8. The first-order chi connectivity index (χ1) is 17.7. The molecule has 0 aliphatic heterocycles. The van der Waals surface area contributed by atoms with Gasteiger partial charge in [0.1, 0.15) is 0 Å². The fourth-order valence-corrected chi connectivity index (χ4v) is 3.70. The SMILES string of the molecule is CC(C)(Nc1nc(NCc2cccc(F)c2F)nc(-c2ccc3cn[nH]c3c2)n1)c1ccn(C(F)F)n1. The van der Waals surface area contributed by atoms with Gasteiger partial charge in [-0.25, -0.2) is 13.5 Å². The summed E-state index contributed by atoms with van der Waals surface area (Å²) in [4.78, 5) is 13.3. The lowest BCUT2D eigenvalue weighted by Gasteiger charge is -2.24. The van der Waals surface area contributed by atoms with Crippen molar-refractivity contribution in [3.8, 4) is 11.4 Å². The van der Waals surface area contributed by atoms with Crippen LogP contribution in [-0.4, -0.2) is 34.9 Å². The summed E-state index contributed by atoms with van der Waals surface area (Å²) in [5.41, 5.74) is 0.889. The van der Waals surface area contributed by atoms with Crippen molar-refractivity contribution < 1.29 is 17.6 Å². The Balaban J connectivity index is 1.50. The Kier molecular flexibility index (Phi) is 6.19. The van der Waals surface area contributed by atoms with Crippen molar-refractivity contribution in [1.29, 1.82) is 0 Å². The van der Waals surface area contributed by atoms with E-state index in [4.69, 9.17) is 0 Å². The summed E-state index contributed by atoms with van der Waals surface area (Å²) >= 11 is 0. The minimum absolute atomic E-state index is 0.0890. The van der Waals surface area contributed by atoms with Crippen molar-refractivity contribution in [2.24, 2.45) is 0 Å². The van der Waals surface area contributed by atoms with E-state index in [1.807, 2.05) is 18.2 Å². The first kappa shape index (κ1) is 24.2. The first-order valence-corrected chi connectivity index (χ1v) is 11.2. The molecule has 190 valence electrons. The van der Waals surface area contributed by atoms with Gasteiger partial charge in [-0.2, -0.15) is 33.9 Å². The third kappa shape index (κ3) is 5.06. The molecule has 0 spiro atoms. The number of aromatic nitrogens is 7. The molecular formula is C24H21F4N9. The quantitative estimate of drug-likeness (QED) is 0.244. The predicted molar refractivity (Wildman–Crippen MR) is 129 cm³/mol. The Morgan fingerprint density at radius 2 is 1.84 bits per heavy atom. The molecule has 3 heterocycles. The molecule has 3 aromatic heterocycles. The van der Waals surface area contributed by atoms with E-state index >= 15 is 0 Å². The van der Waals surface area contributed by atoms with E-state index in [1.165, 1.54) is 24.4 Å². The topological polar surface area (TPSA) is 109 Å². The Morgan fingerprint density at radius 3 is 2.62 bits per heavy atom. The largest absolute Gasteiger partial charge is 0.350 e. The van der Waals surface area contributed by atoms with E-state index in [2.05, 4.69) is 40.9 Å². The van der Waals surface area contributed by atoms with E-state index < -0.39 is 23.7 Å². The molecule has 37 heavy (non-hydrogen) atoms. The van der Waals surface area contributed by atoms with Crippen molar-refractivity contribution in [2.45, 2.75) is 32.5 Å². The lowest BCUT2D eigenvalue weighted by molar-refractivity contribution is 0.0558. The number of fused-ring (bicyclic) bond motifs is 1. The van der Waals surface area contributed by atoms with Crippen LogP contribution in [0.3, 0.4) is 0 Å². The smallest absolute Gasteiger partial charge is 0.333 e. The van der Waals surface area contributed by atoms with Crippen molar-refractivity contribution in [2.75, 3.05) is 10.6 Å². The van der Waals surface area contributed by atoms with Crippen LogP contribution in [0.15, 0.2) is 54.9 Å². The molecule has 0 fully saturated rings. The molecule has 9 nitrogen and oxygen atoms in total. The Labute approximate surface area is 208 Å². The molecule has 5 rings (SSSR count). The van der Waals surface area contributed by atoms with Crippen molar-refractivity contribution in [3.63, 3.8) is 0 Å². The van der Waals surface area contributed by atoms with Gasteiger partial charge in [0.25, 0.3) is 0 Å². The monoisotopic (exact) mass is 511 g/mol. The number of anilines is 2. The number of H-pyrrole nitrogens is 1. The molecule has 0 saturated carbocycles. The molecule has 0 atom stereocenters. The molecule has 0 radical (unpaired) electrons. The molecular weight excluding hydrogens is 490 g/mol. The average molecular weight is 511 g/mol. The predicted octanol–water partition coefficient (Wildman–Crippen LogP) is 5.24. The van der Waals surface area contributed by atoms with Gasteiger partial charge in [-0.05, 0) is 32.0 Å². The lowest BCUT2D eigenvalue weighted by atomic mass is 10.0.